The van der Waals surface area contributed by atoms with Gasteiger partial charge in [-0.3, -0.25) is 25.1 Å². The number of carbonyl (C=O) groups is 1. The number of carbonyl (C=O) groups excluding carboxylic acids is 1. The minimum atomic E-state index is -1.68. The predicted octanol–water partition coefficient (Wildman–Crippen LogP) is 9.26. The summed E-state index contributed by atoms with van der Waals surface area (Å²) in [5.41, 5.74) is 4.62. The maximum absolute atomic E-state index is 14.9. The molecule has 0 radical (unpaired) electrons. The number of benzene rings is 4. The second kappa shape index (κ2) is 24.4. The van der Waals surface area contributed by atoms with Crippen molar-refractivity contribution in [1.29, 1.82) is 0 Å². The van der Waals surface area contributed by atoms with Gasteiger partial charge in [0.15, 0.2) is 0 Å². The highest BCUT2D eigenvalue weighted by atomic mass is 16.7. The van der Waals surface area contributed by atoms with Crippen molar-refractivity contribution in [2.24, 2.45) is 22.9 Å². The fourth-order valence-electron chi connectivity index (χ4n) is 10.0. The third kappa shape index (κ3) is 12.3. The SMILES string of the molecule is C=CCOC12Oc3ccc(Oc4ccc(C)c(C)c4)cc3C3C(CCCCO)C(CCCCO)C=C(C(=NOCc4ccc([N+](=O)[O-])cc4)CC1N(CCOCCO)C(=O)Oc1ccc([N+](=O)[O-])cc1)C32. The highest BCUT2D eigenvalue weighted by Crippen LogP contribution is 2.62. The Bertz CT molecular complexity index is 2550. The van der Waals surface area contributed by atoms with Gasteiger partial charge >= 0.3 is 6.09 Å². The fourth-order valence-corrected chi connectivity index (χ4v) is 10.0. The van der Waals surface area contributed by atoms with Gasteiger partial charge in [0.2, 0.25) is 5.79 Å². The molecular formula is C53H62N4O14. The Morgan fingerprint density at radius 1 is 0.845 bits per heavy atom. The number of non-ortho nitro benzene ring substituents is 2. The number of amides is 1. The first-order chi connectivity index (χ1) is 34.4. The maximum Gasteiger partial charge on any atom is 0.415 e. The molecule has 0 bridgehead atoms. The summed E-state index contributed by atoms with van der Waals surface area (Å²) in [5, 5.41) is 57.5. The zero-order chi connectivity index (χ0) is 50.5. The van der Waals surface area contributed by atoms with E-state index in [0.717, 1.165) is 28.7 Å². The third-order valence-electron chi connectivity index (χ3n) is 13.5. The Morgan fingerprint density at radius 2 is 1.51 bits per heavy atom. The van der Waals surface area contributed by atoms with Crippen molar-refractivity contribution >= 4 is 23.2 Å². The zero-order valence-electron chi connectivity index (χ0n) is 40.1. The molecule has 4 aromatic carbocycles. The number of aryl methyl sites for hydroxylation is 2. The molecule has 3 N–H and O–H groups in total. The van der Waals surface area contributed by atoms with Gasteiger partial charge in [0, 0.05) is 61.9 Å². The molecule has 1 saturated carbocycles. The Morgan fingerprint density at radius 3 is 2.17 bits per heavy atom. The van der Waals surface area contributed by atoms with Crippen molar-refractivity contribution in [3.8, 4) is 23.0 Å². The lowest BCUT2D eigenvalue weighted by Crippen LogP contribution is -2.70. The van der Waals surface area contributed by atoms with E-state index < -0.39 is 39.6 Å². The van der Waals surface area contributed by atoms with Crippen molar-refractivity contribution in [2.45, 2.75) is 83.1 Å². The number of hydrogen-bond acceptors (Lipinski definition) is 15. The molecule has 1 amide bonds. The molecule has 1 fully saturated rings. The molecule has 6 unspecified atom stereocenters. The van der Waals surface area contributed by atoms with Gasteiger partial charge in [-0.1, -0.05) is 36.2 Å². The van der Waals surface area contributed by atoms with Crippen LogP contribution in [0.1, 0.15) is 73.1 Å². The van der Waals surface area contributed by atoms with E-state index in [1.54, 1.807) is 18.2 Å². The maximum atomic E-state index is 14.9. The molecule has 0 saturated heterocycles. The zero-order valence-corrected chi connectivity index (χ0v) is 40.1. The summed E-state index contributed by atoms with van der Waals surface area (Å²) in [6.07, 6.45) is 6.90. The lowest BCUT2D eigenvalue weighted by Gasteiger charge is -2.59. The number of unbranched alkanes of at least 4 members (excludes halogenated alkanes) is 2. The monoisotopic (exact) mass is 978 g/mol. The normalized spacial score (nSPS) is 21.5. The van der Waals surface area contributed by atoms with E-state index in [4.69, 9.17) is 33.7 Å². The minimum Gasteiger partial charge on any atom is -0.459 e. The summed E-state index contributed by atoms with van der Waals surface area (Å²) in [4.78, 5) is 44.4. The number of oxime groups is 1. The Labute approximate surface area is 412 Å². The minimum absolute atomic E-state index is 0.00623. The number of rotatable bonds is 25. The molecule has 18 nitrogen and oxygen atoms in total. The topological polar surface area (TPSA) is 235 Å². The van der Waals surface area contributed by atoms with Crippen LogP contribution in [0, 0.1) is 51.8 Å². The number of nitro benzene ring substituents is 2. The quantitative estimate of drug-likeness (QED) is 0.0243. The molecule has 71 heavy (non-hydrogen) atoms. The number of fused-ring (bicyclic) bond motifs is 2. The van der Waals surface area contributed by atoms with E-state index in [9.17, 15) is 40.3 Å². The van der Waals surface area contributed by atoms with Gasteiger partial charge in [0.1, 0.15) is 35.6 Å². The second-order valence-corrected chi connectivity index (χ2v) is 18.0. The average Bonchev–Trinajstić information content (AvgIpc) is 3.36. The van der Waals surface area contributed by atoms with E-state index in [-0.39, 0.29) is 88.2 Å². The number of hydrogen-bond donors (Lipinski definition) is 3. The number of aliphatic hydroxyl groups is 3. The standard InChI is InChI=1S/C53H62N4O14/c1-4-27-67-53-49(55(23-28-66-29-26-60)52(61)70-41-19-16-40(17-20-41)57(64)65)33-47(54-68-34-37-12-14-39(15-13-37)56(62)63)45-31-38(9-5-7-24-58)44(10-6-8-25-59)50(51(45)53)46-32-43(21-22-48(46)71-53)69-42-18-11-35(2)36(3)30-42/h4,11-22,30-32,38,44,49-51,58-60H,1,5-10,23-29,33-34H2,2-3H3. The first kappa shape index (κ1) is 52.1. The highest BCUT2D eigenvalue weighted by molar-refractivity contribution is 6.03. The summed E-state index contributed by atoms with van der Waals surface area (Å²) < 4.78 is 32.7. The Balaban J connectivity index is 1.43. The molecule has 7 rings (SSSR count). The first-order valence-electron chi connectivity index (χ1n) is 24.0. The van der Waals surface area contributed by atoms with E-state index in [2.05, 4.69) is 12.7 Å². The van der Waals surface area contributed by atoms with Gasteiger partial charge in [-0.05, 0) is 128 Å². The molecule has 0 spiro atoms. The predicted molar refractivity (Wildman–Crippen MR) is 263 cm³/mol. The number of ether oxygens (including phenoxy) is 5. The van der Waals surface area contributed by atoms with Crippen molar-refractivity contribution in [3.63, 3.8) is 0 Å². The van der Waals surface area contributed by atoms with Crippen LogP contribution < -0.4 is 14.2 Å². The van der Waals surface area contributed by atoms with Crippen LogP contribution >= 0.6 is 0 Å². The van der Waals surface area contributed by atoms with Gasteiger partial charge in [-0.15, -0.1) is 6.58 Å². The third-order valence-corrected chi connectivity index (χ3v) is 13.5. The van der Waals surface area contributed by atoms with E-state index in [1.165, 1.54) is 41.3 Å². The summed E-state index contributed by atoms with van der Waals surface area (Å²) in [5.74, 6) is -1.20. The van der Waals surface area contributed by atoms with E-state index >= 15 is 0 Å². The highest BCUT2D eigenvalue weighted by Gasteiger charge is 2.65. The van der Waals surface area contributed by atoms with Crippen LogP contribution in [0.15, 0.2) is 114 Å². The molecule has 18 heteroatoms. The second-order valence-electron chi connectivity index (χ2n) is 18.0. The smallest absolute Gasteiger partial charge is 0.415 e. The molecule has 1 heterocycles. The van der Waals surface area contributed by atoms with Crippen LogP contribution in [0.5, 0.6) is 23.0 Å². The van der Waals surface area contributed by atoms with Gasteiger partial charge in [0.05, 0.1) is 47.9 Å². The summed E-state index contributed by atoms with van der Waals surface area (Å²) in [7, 11) is 0. The molecule has 2 aliphatic carbocycles. The van der Waals surface area contributed by atoms with Crippen LogP contribution in [-0.2, 0) is 20.9 Å². The van der Waals surface area contributed by atoms with Crippen LogP contribution in [-0.4, -0.2) is 99.9 Å². The lowest BCUT2D eigenvalue weighted by molar-refractivity contribution is -0.385. The average molecular weight is 979 g/mol. The molecule has 0 aromatic heterocycles. The molecular weight excluding hydrogens is 917 g/mol. The summed E-state index contributed by atoms with van der Waals surface area (Å²) in [6.45, 7) is 7.60. The molecule has 3 aliphatic rings. The largest absolute Gasteiger partial charge is 0.459 e. The molecule has 378 valence electrons. The fraction of sp³-hybridized carbons (Fsp3) is 0.434. The van der Waals surface area contributed by atoms with Crippen LogP contribution in [0.2, 0.25) is 0 Å². The van der Waals surface area contributed by atoms with E-state index in [0.29, 0.717) is 60.6 Å². The van der Waals surface area contributed by atoms with Crippen LogP contribution in [0.25, 0.3) is 0 Å². The molecule has 1 aliphatic heterocycles. The van der Waals surface area contributed by atoms with Crippen LogP contribution in [0.3, 0.4) is 0 Å². The van der Waals surface area contributed by atoms with Crippen molar-refractivity contribution < 1.29 is 58.5 Å². The van der Waals surface area contributed by atoms with Gasteiger partial charge in [-0.2, -0.15) is 0 Å². The van der Waals surface area contributed by atoms with Crippen molar-refractivity contribution in [3.05, 3.63) is 152 Å². The van der Waals surface area contributed by atoms with Gasteiger partial charge in [-0.25, -0.2) is 4.79 Å². The first-order valence-corrected chi connectivity index (χ1v) is 24.0. The number of nitro groups is 2. The lowest BCUT2D eigenvalue weighted by atomic mass is 9.55. The Kier molecular flexibility index (Phi) is 17.9. The van der Waals surface area contributed by atoms with Crippen molar-refractivity contribution in [1.82, 2.24) is 4.90 Å². The van der Waals surface area contributed by atoms with E-state index in [1.807, 2.05) is 50.2 Å². The molecule has 6 atom stereocenters. The molecule has 4 aromatic rings. The van der Waals surface area contributed by atoms with Crippen molar-refractivity contribution in [2.75, 3.05) is 46.2 Å². The summed E-state index contributed by atoms with van der Waals surface area (Å²) in [6, 6.07) is 21.6. The Hall–Kier alpha value is -6.70. The van der Waals surface area contributed by atoms with Crippen LogP contribution in [0.4, 0.5) is 16.2 Å². The van der Waals surface area contributed by atoms with Gasteiger partial charge in [0.25, 0.3) is 11.4 Å². The number of allylic oxidation sites excluding steroid dienone is 1. The number of nitrogens with zero attached hydrogens (tertiary/aromatic N) is 4. The summed E-state index contributed by atoms with van der Waals surface area (Å²) >= 11 is 0. The van der Waals surface area contributed by atoms with Gasteiger partial charge < -0.3 is 43.8 Å². The number of aliphatic hydroxyl groups excluding tert-OH is 3.